The zero-order valence-electron chi connectivity index (χ0n) is 12.4. The lowest BCUT2D eigenvalue weighted by Crippen LogP contribution is -2.34. The molecule has 0 saturated heterocycles. The molecule has 0 spiro atoms. The zero-order chi connectivity index (χ0) is 14.3. The van der Waals surface area contributed by atoms with Crippen LogP contribution in [0.3, 0.4) is 0 Å². The van der Waals surface area contributed by atoms with Gasteiger partial charge in [-0.05, 0) is 36.4 Å². The van der Waals surface area contributed by atoms with Gasteiger partial charge in [-0.3, -0.25) is 0 Å². The van der Waals surface area contributed by atoms with Gasteiger partial charge in [0.15, 0.2) is 0 Å². The van der Waals surface area contributed by atoms with E-state index in [1.54, 1.807) is 13.2 Å². The van der Waals surface area contributed by atoms with Gasteiger partial charge < -0.3 is 10.1 Å². The Hall–Kier alpha value is -0.930. The number of ether oxygens (including phenoxy) is 1. The normalized spacial score (nSPS) is 14.6. The van der Waals surface area contributed by atoms with E-state index in [0.717, 1.165) is 18.5 Å². The summed E-state index contributed by atoms with van der Waals surface area (Å²) in [5.41, 5.74) is 0.793. The largest absolute Gasteiger partial charge is 0.384 e. The summed E-state index contributed by atoms with van der Waals surface area (Å²) in [6.07, 6.45) is 0.747. The van der Waals surface area contributed by atoms with Gasteiger partial charge in [-0.1, -0.05) is 39.0 Å². The molecule has 108 valence electrons. The van der Waals surface area contributed by atoms with Gasteiger partial charge in [-0.25, -0.2) is 4.39 Å². The molecule has 0 saturated carbocycles. The lowest BCUT2D eigenvalue weighted by molar-refractivity contribution is 0.127. The van der Waals surface area contributed by atoms with E-state index in [2.05, 4.69) is 26.1 Å². The molecule has 0 aliphatic heterocycles. The molecule has 0 radical (unpaired) electrons. The SMILES string of the molecule is COCC(C)C(CNC(C)C)Cc1ccccc1F. The highest BCUT2D eigenvalue weighted by Gasteiger charge is 2.19. The molecule has 0 fully saturated rings. The van der Waals surface area contributed by atoms with Crippen molar-refractivity contribution in [3.8, 4) is 0 Å². The third-order valence-corrected chi connectivity index (χ3v) is 3.46. The summed E-state index contributed by atoms with van der Waals surface area (Å²) >= 11 is 0. The highest BCUT2D eigenvalue weighted by molar-refractivity contribution is 5.18. The summed E-state index contributed by atoms with van der Waals surface area (Å²) in [5.74, 6) is 0.664. The van der Waals surface area contributed by atoms with Gasteiger partial charge in [0.25, 0.3) is 0 Å². The van der Waals surface area contributed by atoms with Gasteiger partial charge in [0.2, 0.25) is 0 Å². The predicted octanol–water partition coefficient (Wildman–Crippen LogP) is 3.26. The fourth-order valence-electron chi connectivity index (χ4n) is 2.21. The van der Waals surface area contributed by atoms with Crippen molar-refractivity contribution in [1.29, 1.82) is 0 Å². The average Bonchev–Trinajstić information content (AvgIpc) is 2.36. The van der Waals surface area contributed by atoms with E-state index in [0.29, 0.717) is 24.5 Å². The molecule has 1 N–H and O–H groups in total. The van der Waals surface area contributed by atoms with Crippen LogP contribution in [0.2, 0.25) is 0 Å². The van der Waals surface area contributed by atoms with E-state index in [1.165, 1.54) is 6.07 Å². The van der Waals surface area contributed by atoms with Crippen LogP contribution in [0.25, 0.3) is 0 Å². The molecule has 1 aromatic rings. The first-order chi connectivity index (χ1) is 9.04. The minimum atomic E-state index is -0.110. The Labute approximate surface area is 116 Å². The number of benzene rings is 1. The van der Waals surface area contributed by atoms with E-state index in [4.69, 9.17) is 4.74 Å². The van der Waals surface area contributed by atoms with Crippen LogP contribution in [-0.4, -0.2) is 26.3 Å². The number of hydrogen-bond donors (Lipinski definition) is 1. The third-order valence-electron chi connectivity index (χ3n) is 3.46. The second kappa shape index (κ2) is 8.28. The van der Waals surface area contributed by atoms with Gasteiger partial charge in [0.05, 0.1) is 0 Å². The fraction of sp³-hybridized carbons (Fsp3) is 0.625. The molecule has 1 aromatic carbocycles. The van der Waals surface area contributed by atoms with Crippen LogP contribution >= 0.6 is 0 Å². The minimum absolute atomic E-state index is 0.110. The van der Waals surface area contributed by atoms with Crippen molar-refractivity contribution >= 4 is 0 Å². The van der Waals surface area contributed by atoms with Crippen molar-refractivity contribution in [2.45, 2.75) is 33.2 Å². The van der Waals surface area contributed by atoms with E-state index >= 15 is 0 Å². The van der Waals surface area contributed by atoms with Gasteiger partial charge in [-0.15, -0.1) is 0 Å². The van der Waals surface area contributed by atoms with Crippen molar-refractivity contribution in [1.82, 2.24) is 5.32 Å². The molecule has 0 aromatic heterocycles. The standard InChI is InChI=1S/C16H26FNO/c1-12(2)18-10-15(13(3)11-19-4)9-14-7-5-6-8-16(14)17/h5-8,12-13,15,18H,9-11H2,1-4H3. The highest BCUT2D eigenvalue weighted by atomic mass is 19.1. The maximum Gasteiger partial charge on any atom is 0.126 e. The number of nitrogens with one attached hydrogen (secondary N) is 1. The maximum atomic E-state index is 13.7. The Balaban J connectivity index is 2.70. The van der Waals surface area contributed by atoms with Crippen molar-refractivity contribution in [3.05, 3.63) is 35.6 Å². The van der Waals surface area contributed by atoms with Gasteiger partial charge in [-0.2, -0.15) is 0 Å². The molecular weight excluding hydrogens is 241 g/mol. The number of methoxy groups -OCH3 is 1. The number of hydrogen-bond acceptors (Lipinski definition) is 2. The first kappa shape index (κ1) is 16.1. The third kappa shape index (κ3) is 5.70. The van der Waals surface area contributed by atoms with Crippen LogP contribution in [0.4, 0.5) is 4.39 Å². The topological polar surface area (TPSA) is 21.3 Å². The zero-order valence-corrected chi connectivity index (χ0v) is 12.4. The van der Waals surface area contributed by atoms with Gasteiger partial charge in [0.1, 0.15) is 5.82 Å². The van der Waals surface area contributed by atoms with Crippen LogP contribution in [-0.2, 0) is 11.2 Å². The summed E-state index contributed by atoms with van der Waals surface area (Å²) in [6, 6.07) is 7.48. The molecule has 2 atom stereocenters. The lowest BCUT2D eigenvalue weighted by atomic mass is 9.88. The van der Waals surface area contributed by atoms with Gasteiger partial charge >= 0.3 is 0 Å². The fourth-order valence-corrected chi connectivity index (χ4v) is 2.21. The summed E-state index contributed by atoms with van der Waals surface area (Å²) in [4.78, 5) is 0. The first-order valence-electron chi connectivity index (χ1n) is 7.00. The average molecular weight is 267 g/mol. The van der Waals surface area contributed by atoms with Crippen molar-refractivity contribution < 1.29 is 9.13 Å². The Morgan fingerprint density at radius 2 is 1.89 bits per heavy atom. The van der Waals surface area contributed by atoms with Crippen LogP contribution in [0.5, 0.6) is 0 Å². The van der Waals surface area contributed by atoms with E-state index in [-0.39, 0.29) is 5.82 Å². The van der Waals surface area contributed by atoms with Gasteiger partial charge in [0, 0.05) is 19.8 Å². The summed E-state index contributed by atoms with van der Waals surface area (Å²) in [6.45, 7) is 8.01. The molecular formula is C16H26FNO. The summed E-state index contributed by atoms with van der Waals surface area (Å²) in [5, 5.41) is 3.45. The quantitative estimate of drug-likeness (QED) is 0.780. The Bertz CT molecular complexity index is 368. The summed E-state index contributed by atoms with van der Waals surface area (Å²) in [7, 11) is 1.71. The minimum Gasteiger partial charge on any atom is -0.384 e. The van der Waals surface area contributed by atoms with E-state index < -0.39 is 0 Å². The Morgan fingerprint density at radius 1 is 1.21 bits per heavy atom. The monoisotopic (exact) mass is 267 g/mol. The van der Waals surface area contributed by atoms with Crippen molar-refractivity contribution in [2.24, 2.45) is 11.8 Å². The molecule has 0 heterocycles. The van der Waals surface area contributed by atoms with E-state index in [1.807, 2.05) is 12.1 Å². The molecule has 0 aliphatic carbocycles. The van der Waals surface area contributed by atoms with Crippen molar-refractivity contribution in [3.63, 3.8) is 0 Å². The molecule has 19 heavy (non-hydrogen) atoms. The summed E-state index contributed by atoms with van der Waals surface area (Å²) < 4.78 is 19.0. The van der Waals surface area contributed by atoms with Crippen molar-refractivity contribution in [2.75, 3.05) is 20.3 Å². The van der Waals surface area contributed by atoms with Crippen LogP contribution in [0, 0.1) is 17.7 Å². The van der Waals surface area contributed by atoms with Crippen LogP contribution in [0.15, 0.2) is 24.3 Å². The second-order valence-electron chi connectivity index (χ2n) is 5.55. The number of halogens is 1. The number of rotatable bonds is 8. The highest BCUT2D eigenvalue weighted by Crippen LogP contribution is 2.19. The Kier molecular flexibility index (Phi) is 7.03. The first-order valence-corrected chi connectivity index (χ1v) is 7.00. The molecule has 2 unspecified atom stereocenters. The molecule has 0 bridgehead atoms. The molecule has 3 heteroatoms. The predicted molar refractivity (Wildman–Crippen MR) is 77.8 cm³/mol. The lowest BCUT2D eigenvalue weighted by Gasteiger charge is -2.25. The molecule has 2 nitrogen and oxygen atoms in total. The van der Waals surface area contributed by atoms with E-state index in [9.17, 15) is 4.39 Å². The molecule has 1 rings (SSSR count). The molecule has 0 amide bonds. The maximum absolute atomic E-state index is 13.7. The van der Waals surface area contributed by atoms with Crippen LogP contribution in [0.1, 0.15) is 26.3 Å². The smallest absolute Gasteiger partial charge is 0.126 e. The Morgan fingerprint density at radius 3 is 2.47 bits per heavy atom. The molecule has 0 aliphatic rings. The van der Waals surface area contributed by atoms with Crippen LogP contribution < -0.4 is 5.32 Å². The second-order valence-corrected chi connectivity index (χ2v) is 5.55.